The summed E-state index contributed by atoms with van der Waals surface area (Å²) in [5, 5.41) is 10.4. The monoisotopic (exact) mass is 254 g/mol. The van der Waals surface area contributed by atoms with E-state index < -0.39 is 0 Å². The normalized spacial score (nSPS) is 20.9. The van der Waals surface area contributed by atoms with E-state index in [1.54, 1.807) is 11.3 Å². The summed E-state index contributed by atoms with van der Waals surface area (Å²) in [6.07, 6.45) is 4.80. The van der Waals surface area contributed by atoms with Crippen molar-refractivity contribution < 1.29 is 5.11 Å². The number of rotatable bonds is 4. The SMILES string of the molecule is CCc1nc(N2CCCC(CC)C2)sc1CO. The lowest BCUT2D eigenvalue weighted by Crippen LogP contribution is -2.35. The van der Waals surface area contributed by atoms with Crippen LogP contribution in [-0.2, 0) is 13.0 Å². The second-order valence-electron chi connectivity index (χ2n) is 4.74. The fourth-order valence-corrected chi connectivity index (χ4v) is 3.52. The average molecular weight is 254 g/mol. The Morgan fingerprint density at radius 1 is 1.47 bits per heavy atom. The van der Waals surface area contributed by atoms with Crippen LogP contribution < -0.4 is 4.90 Å². The summed E-state index contributed by atoms with van der Waals surface area (Å²) in [5.41, 5.74) is 1.08. The van der Waals surface area contributed by atoms with Crippen LogP contribution in [0.2, 0.25) is 0 Å². The topological polar surface area (TPSA) is 36.4 Å². The van der Waals surface area contributed by atoms with Crippen molar-refractivity contribution in [2.24, 2.45) is 5.92 Å². The number of aliphatic hydroxyl groups excluding tert-OH is 1. The summed E-state index contributed by atoms with van der Waals surface area (Å²) in [6, 6.07) is 0. The van der Waals surface area contributed by atoms with Crippen LogP contribution in [0, 0.1) is 5.92 Å². The Bertz CT molecular complexity index is 343. The first-order chi connectivity index (χ1) is 8.28. The molecule has 1 fully saturated rings. The smallest absolute Gasteiger partial charge is 0.185 e. The minimum absolute atomic E-state index is 0.131. The predicted octanol–water partition coefficient (Wildman–Crippen LogP) is 2.82. The second-order valence-corrected chi connectivity index (χ2v) is 5.80. The molecule has 0 aromatic carbocycles. The largest absolute Gasteiger partial charge is 0.391 e. The zero-order chi connectivity index (χ0) is 12.3. The molecule has 2 rings (SSSR count). The van der Waals surface area contributed by atoms with Crippen LogP contribution in [0.4, 0.5) is 5.13 Å². The van der Waals surface area contributed by atoms with Crippen molar-refractivity contribution in [1.29, 1.82) is 0 Å². The molecule has 1 atom stereocenters. The number of piperidine rings is 1. The van der Waals surface area contributed by atoms with E-state index in [4.69, 9.17) is 0 Å². The van der Waals surface area contributed by atoms with Gasteiger partial charge in [-0.25, -0.2) is 4.98 Å². The minimum atomic E-state index is 0.131. The van der Waals surface area contributed by atoms with Gasteiger partial charge in [0.1, 0.15) is 0 Å². The molecule has 17 heavy (non-hydrogen) atoms. The summed E-state index contributed by atoms with van der Waals surface area (Å²) in [5.74, 6) is 0.815. The highest BCUT2D eigenvalue weighted by atomic mass is 32.1. The molecule has 1 saturated heterocycles. The van der Waals surface area contributed by atoms with Crippen molar-refractivity contribution in [3.05, 3.63) is 10.6 Å². The molecule has 0 saturated carbocycles. The van der Waals surface area contributed by atoms with Crippen LogP contribution in [0.15, 0.2) is 0 Å². The molecule has 96 valence electrons. The molecule has 0 radical (unpaired) electrons. The Balaban J connectivity index is 2.13. The highest BCUT2D eigenvalue weighted by Crippen LogP contribution is 2.30. The number of hydrogen-bond acceptors (Lipinski definition) is 4. The maximum Gasteiger partial charge on any atom is 0.185 e. The Morgan fingerprint density at radius 2 is 2.29 bits per heavy atom. The van der Waals surface area contributed by atoms with Gasteiger partial charge in [-0.15, -0.1) is 0 Å². The summed E-state index contributed by atoms with van der Waals surface area (Å²) in [4.78, 5) is 8.12. The quantitative estimate of drug-likeness (QED) is 0.897. The summed E-state index contributed by atoms with van der Waals surface area (Å²) in [7, 11) is 0. The van der Waals surface area contributed by atoms with Crippen molar-refractivity contribution in [1.82, 2.24) is 4.98 Å². The predicted molar refractivity (Wildman–Crippen MR) is 72.6 cm³/mol. The van der Waals surface area contributed by atoms with Crippen molar-refractivity contribution in [2.75, 3.05) is 18.0 Å². The van der Waals surface area contributed by atoms with Crippen LogP contribution in [0.5, 0.6) is 0 Å². The number of anilines is 1. The highest BCUT2D eigenvalue weighted by Gasteiger charge is 2.22. The first-order valence-electron chi connectivity index (χ1n) is 6.62. The van der Waals surface area contributed by atoms with Crippen LogP contribution in [0.3, 0.4) is 0 Å². The molecular formula is C13H22N2OS. The maximum atomic E-state index is 9.31. The zero-order valence-electron chi connectivity index (χ0n) is 10.8. The molecule has 1 unspecified atom stereocenters. The number of hydrogen-bond donors (Lipinski definition) is 1. The number of aromatic nitrogens is 1. The third-order valence-electron chi connectivity index (χ3n) is 3.61. The first-order valence-corrected chi connectivity index (χ1v) is 7.44. The van der Waals surface area contributed by atoms with Crippen molar-refractivity contribution in [3.8, 4) is 0 Å². The van der Waals surface area contributed by atoms with E-state index in [0.717, 1.165) is 41.1 Å². The number of thiazole rings is 1. The lowest BCUT2D eigenvalue weighted by atomic mass is 9.96. The van der Waals surface area contributed by atoms with Crippen molar-refractivity contribution in [3.63, 3.8) is 0 Å². The van der Waals surface area contributed by atoms with E-state index in [2.05, 4.69) is 23.7 Å². The molecule has 3 nitrogen and oxygen atoms in total. The lowest BCUT2D eigenvalue weighted by Gasteiger charge is -2.31. The van der Waals surface area contributed by atoms with Gasteiger partial charge in [-0.05, 0) is 25.2 Å². The standard InChI is InChI=1S/C13H22N2OS/c1-3-10-6-5-7-15(8-10)13-14-11(4-2)12(9-16)17-13/h10,16H,3-9H2,1-2H3. The molecule has 1 aliphatic rings. The third-order valence-corrected chi connectivity index (χ3v) is 4.76. The van der Waals surface area contributed by atoms with Gasteiger partial charge < -0.3 is 10.0 Å². The lowest BCUT2D eigenvalue weighted by molar-refractivity contribution is 0.284. The van der Waals surface area contributed by atoms with Gasteiger partial charge >= 0.3 is 0 Å². The summed E-state index contributed by atoms with van der Waals surface area (Å²) < 4.78 is 0. The van der Waals surface area contributed by atoms with Gasteiger partial charge in [0.25, 0.3) is 0 Å². The van der Waals surface area contributed by atoms with Gasteiger partial charge in [0, 0.05) is 13.1 Å². The molecule has 2 heterocycles. The summed E-state index contributed by atoms with van der Waals surface area (Å²) in [6.45, 7) is 6.76. The van der Waals surface area contributed by atoms with E-state index in [1.807, 2.05) is 0 Å². The van der Waals surface area contributed by atoms with E-state index in [0.29, 0.717) is 0 Å². The molecule has 1 N–H and O–H groups in total. The Labute approximate surface area is 107 Å². The van der Waals surface area contributed by atoms with Gasteiger partial charge in [-0.3, -0.25) is 0 Å². The fourth-order valence-electron chi connectivity index (χ4n) is 2.48. The molecular weight excluding hydrogens is 232 g/mol. The van der Waals surface area contributed by atoms with Crippen molar-refractivity contribution >= 4 is 16.5 Å². The molecule has 4 heteroatoms. The van der Waals surface area contributed by atoms with Crippen molar-refractivity contribution in [2.45, 2.75) is 46.1 Å². The minimum Gasteiger partial charge on any atom is -0.391 e. The maximum absolute atomic E-state index is 9.31. The molecule has 1 aromatic heterocycles. The molecule has 0 bridgehead atoms. The molecule has 0 amide bonds. The van der Waals surface area contributed by atoms with Gasteiger partial charge in [-0.1, -0.05) is 31.6 Å². The fraction of sp³-hybridized carbons (Fsp3) is 0.769. The van der Waals surface area contributed by atoms with Gasteiger partial charge in [-0.2, -0.15) is 0 Å². The van der Waals surface area contributed by atoms with Crippen LogP contribution in [0.1, 0.15) is 43.7 Å². The van der Waals surface area contributed by atoms with Crippen LogP contribution in [-0.4, -0.2) is 23.2 Å². The van der Waals surface area contributed by atoms with E-state index in [9.17, 15) is 5.11 Å². The number of aryl methyl sites for hydroxylation is 1. The molecule has 1 aliphatic heterocycles. The Kier molecular flexibility index (Phi) is 4.40. The Morgan fingerprint density at radius 3 is 2.88 bits per heavy atom. The second kappa shape index (κ2) is 5.83. The van der Waals surface area contributed by atoms with Crippen LogP contribution >= 0.6 is 11.3 Å². The molecule has 0 spiro atoms. The number of nitrogens with zero attached hydrogens (tertiary/aromatic N) is 2. The Hall–Kier alpha value is -0.610. The van der Waals surface area contributed by atoms with Gasteiger partial charge in [0.15, 0.2) is 5.13 Å². The summed E-state index contributed by atoms with van der Waals surface area (Å²) >= 11 is 1.67. The van der Waals surface area contributed by atoms with E-state index in [1.165, 1.54) is 19.3 Å². The first kappa shape index (κ1) is 12.8. The molecule has 0 aliphatic carbocycles. The molecule has 1 aromatic rings. The van der Waals surface area contributed by atoms with E-state index >= 15 is 0 Å². The number of aliphatic hydroxyl groups is 1. The van der Waals surface area contributed by atoms with E-state index in [-0.39, 0.29) is 6.61 Å². The average Bonchev–Trinajstić information content (AvgIpc) is 2.82. The van der Waals surface area contributed by atoms with Gasteiger partial charge in [0.05, 0.1) is 17.2 Å². The third kappa shape index (κ3) is 2.80. The zero-order valence-corrected chi connectivity index (χ0v) is 11.6. The van der Waals surface area contributed by atoms with Crippen LogP contribution in [0.25, 0.3) is 0 Å². The van der Waals surface area contributed by atoms with Gasteiger partial charge in [0.2, 0.25) is 0 Å². The highest BCUT2D eigenvalue weighted by molar-refractivity contribution is 7.15.